The minimum atomic E-state index is -0.0864. The van der Waals surface area contributed by atoms with Crippen molar-refractivity contribution in [1.82, 2.24) is 9.55 Å². The number of aromatic nitrogens is 2. The van der Waals surface area contributed by atoms with Crippen LogP contribution >= 0.6 is 0 Å². The van der Waals surface area contributed by atoms with Gasteiger partial charge in [0.1, 0.15) is 0 Å². The minimum Gasteiger partial charge on any atom is -0.399 e. The highest BCUT2D eigenvalue weighted by Gasteiger charge is 2.16. The highest BCUT2D eigenvalue weighted by Crippen LogP contribution is 2.15. The average Bonchev–Trinajstić information content (AvgIpc) is 2.41. The van der Waals surface area contributed by atoms with Crippen molar-refractivity contribution in [2.45, 2.75) is 26.4 Å². The molecule has 0 bridgehead atoms. The molecule has 0 aliphatic rings. The lowest BCUT2D eigenvalue weighted by atomic mass is 10.1. The number of nitrogen functional groups attached to an aromatic ring is 1. The summed E-state index contributed by atoms with van der Waals surface area (Å²) in [5, 5.41) is 0. The molecule has 1 heterocycles. The van der Waals surface area contributed by atoms with Gasteiger partial charge in [0.25, 0.3) is 5.56 Å². The Morgan fingerprint density at radius 2 is 1.95 bits per heavy atom. The number of nitrogens with two attached hydrogens (primary N) is 1. The summed E-state index contributed by atoms with van der Waals surface area (Å²) >= 11 is 0. The van der Waals surface area contributed by atoms with Gasteiger partial charge in [-0.05, 0) is 31.5 Å². The van der Waals surface area contributed by atoms with Gasteiger partial charge in [0.05, 0.1) is 0 Å². The van der Waals surface area contributed by atoms with E-state index in [2.05, 4.69) is 4.98 Å². The largest absolute Gasteiger partial charge is 0.399 e. The Morgan fingerprint density at radius 3 is 2.55 bits per heavy atom. The summed E-state index contributed by atoms with van der Waals surface area (Å²) in [6, 6.07) is 7.85. The molecule has 0 unspecified atom stereocenters. The maximum absolute atomic E-state index is 12.2. The van der Waals surface area contributed by atoms with E-state index in [1.807, 2.05) is 43.0 Å². The molecule has 5 heteroatoms. The predicted molar refractivity (Wildman–Crippen MR) is 81.7 cm³/mol. The smallest absolute Gasteiger partial charge is 0.293 e. The standard InChI is InChI=1S/C15H20N4O/c1-11(2)19(10-12-4-6-13(16)7-5-12)14-15(20)18(3)9-8-17-14/h4-9,11H,10,16H2,1-3H3. The Kier molecular flexibility index (Phi) is 4.08. The van der Waals surface area contributed by atoms with Crippen molar-refractivity contribution in [3.63, 3.8) is 0 Å². The van der Waals surface area contributed by atoms with Gasteiger partial charge >= 0.3 is 0 Å². The summed E-state index contributed by atoms with van der Waals surface area (Å²) in [7, 11) is 1.73. The number of aryl methyl sites for hydroxylation is 1. The van der Waals surface area contributed by atoms with Crippen molar-refractivity contribution in [1.29, 1.82) is 0 Å². The lowest BCUT2D eigenvalue weighted by molar-refractivity contribution is 0.658. The van der Waals surface area contributed by atoms with E-state index < -0.39 is 0 Å². The summed E-state index contributed by atoms with van der Waals surface area (Å²) < 4.78 is 1.54. The third-order valence-electron chi connectivity index (χ3n) is 3.23. The Morgan fingerprint density at radius 1 is 1.30 bits per heavy atom. The number of anilines is 2. The third-order valence-corrected chi connectivity index (χ3v) is 3.23. The van der Waals surface area contributed by atoms with Crippen LogP contribution in [-0.2, 0) is 13.6 Å². The van der Waals surface area contributed by atoms with E-state index in [4.69, 9.17) is 5.73 Å². The van der Waals surface area contributed by atoms with E-state index in [0.717, 1.165) is 11.3 Å². The third kappa shape index (κ3) is 2.99. The molecule has 0 atom stereocenters. The highest BCUT2D eigenvalue weighted by atomic mass is 16.1. The Bertz CT molecular complexity index is 631. The van der Waals surface area contributed by atoms with Crippen LogP contribution < -0.4 is 16.2 Å². The van der Waals surface area contributed by atoms with Crippen molar-refractivity contribution in [2.24, 2.45) is 7.05 Å². The van der Waals surface area contributed by atoms with Crippen LogP contribution in [0.15, 0.2) is 41.5 Å². The van der Waals surface area contributed by atoms with Gasteiger partial charge in [-0.2, -0.15) is 0 Å². The fourth-order valence-corrected chi connectivity index (χ4v) is 2.00. The van der Waals surface area contributed by atoms with E-state index in [-0.39, 0.29) is 11.6 Å². The molecule has 20 heavy (non-hydrogen) atoms. The topological polar surface area (TPSA) is 64.2 Å². The SMILES string of the molecule is CC(C)N(Cc1ccc(N)cc1)c1nccn(C)c1=O. The zero-order valence-corrected chi connectivity index (χ0v) is 12.1. The molecule has 0 amide bonds. The van der Waals surface area contributed by atoms with E-state index in [1.54, 1.807) is 24.0 Å². The molecule has 0 radical (unpaired) electrons. The summed E-state index contributed by atoms with van der Waals surface area (Å²) in [6.07, 6.45) is 3.31. The summed E-state index contributed by atoms with van der Waals surface area (Å²) in [5.74, 6) is 0.474. The van der Waals surface area contributed by atoms with Crippen molar-refractivity contribution in [3.8, 4) is 0 Å². The number of hydrogen-bond acceptors (Lipinski definition) is 4. The van der Waals surface area contributed by atoms with E-state index >= 15 is 0 Å². The van der Waals surface area contributed by atoms with Gasteiger partial charge in [0.2, 0.25) is 0 Å². The molecule has 0 saturated carbocycles. The second-order valence-electron chi connectivity index (χ2n) is 5.13. The molecular formula is C15H20N4O. The van der Waals surface area contributed by atoms with Crippen molar-refractivity contribution in [3.05, 3.63) is 52.6 Å². The molecule has 2 N–H and O–H groups in total. The summed E-state index contributed by atoms with van der Waals surface area (Å²) in [6.45, 7) is 4.72. The molecule has 1 aromatic heterocycles. The summed E-state index contributed by atoms with van der Waals surface area (Å²) in [5.41, 5.74) is 7.44. The zero-order chi connectivity index (χ0) is 14.7. The normalized spacial score (nSPS) is 10.8. The van der Waals surface area contributed by atoms with Crippen molar-refractivity contribution >= 4 is 11.5 Å². The number of rotatable bonds is 4. The van der Waals surface area contributed by atoms with Gasteiger partial charge in [-0.25, -0.2) is 4.98 Å². The van der Waals surface area contributed by atoms with Gasteiger partial charge in [-0.15, -0.1) is 0 Å². The molecule has 2 rings (SSSR count). The van der Waals surface area contributed by atoms with Crippen LogP contribution in [0.2, 0.25) is 0 Å². The fourth-order valence-electron chi connectivity index (χ4n) is 2.00. The van der Waals surface area contributed by atoms with Crippen LogP contribution in [0.25, 0.3) is 0 Å². The quantitative estimate of drug-likeness (QED) is 0.862. The first-order valence-corrected chi connectivity index (χ1v) is 6.61. The maximum atomic E-state index is 12.2. The number of benzene rings is 1. The van der Waals surface area contributed by atoms with Crippen LogP contribution in [-0.4, -0.2) is 15.6 Å². The highest BCUT2D eigenvalue weighted by molar-refractivity contribution is 5.42. The van der Waals surface area contributed by atoms with Crippen LogP contribution in [0.4, 0.5) is 11.5 Å². The molecule has 0 aliphatic carbocycles. The van der Waals surface area contributed by atoms with E-state index in [0.29, 0.717) is 12.4 Å². The first-order chi connectivity index (χ1) is 9.49. The number of nitrogens with zero attached hydrogens (tertiary/aromatic N) is 3. The average molecular weight is 272 g/mol. The van der Waals surface area contributed by atoms with Crippen LogP contribution in [0.3, 0.4) is 0 Å². The molecule has 0 fully saturated rings. The molecule has 5 nitrogen and oxygen atoms in total. The molecule has 2 aromatic rings. The molecule has 106 valence electrons. The van der Waals surface area contributed by atoms with Gasteiger partial charge in [-0.3, -0.25) is 4.79 Å². The molecule has 0 saturated heterocycles. The van der Waals surface area contributed by atoms with Crippen molar-refractivity contribution < 1.29 is 0 Å². The first kappa shape index (κ1) is 14.1. The fraction of sp³-hybridized carbons (Fsp3) is 0.333. The maximum Gasteiger partial charge on any atom is 0.293 e. The van der Waals surface area contributed by atoms with Crippen LogP contribution in [0.5, 0.6) is 0 Å². The van der Waals surface area contributed by atoms with Gasteiger partial charge < -0.3 is 15.2 Å². The Labute approximate surface area is 118 Å². The van der Waals surface area contributed by atoms with Gasteiger partial charge in [0, 0.05) is 37.7 Å². The molecular weight excluding hydrogens is 252 g/mol. The minimum absolute atomic E-state index is 0.0864. The molecule has 0 aliphatic heterocycles. The van der Waals surface area contributed by atoms with E-state index in [1.165, 1.54) is 0 Å². The number of hydrogen-bond donors (Lipinski definition) is 1. The predicted octanol–water partition coefficient (Wildman–Crippen LogP) is 1.78. The second kappa shape index (κ2) is 5.77. The molecule has 0 spiro atoms. The summed E-state index contributed by atoms with van der Waals surface area (Å²) in [4.78, 5) is 18.4. The monoisotopic (exact) mass is 272 g/mol. The van der Waals surface area contributed by atoms with Crippen LogP contribution in [0.1, 0.15) is 19.4 Å². The van der Waals surface area contributed by atoms with Gasteiger partial charge in [0.15, 0.2) is 5.82 Å². The zero-order valence-electron chi connectivity index (χ0n) is 12.1. The van der Waals surface area contributed by atoms with Crippen molar-refractivity contribution in [2.75, 3.05) is 10.6 Å². The Balaban J connectivity index is 2.34. The second-order valence-corrected chi connectivity index (χ2v) is 5.13. The Hall–Kier alpha value is -2.30. The first-order valence-electron chi connectivity index (χ1n) is 6.61. The molecule has 1 aromatic carbocycles. The van der Waals surface area contributed by atoms with Crippen LogP contribution in [0, 0.1) is 0 Å². The lowest BCUT2D eigenvalue weighted by Gasteiger charge is -2.27. The lowest BCUT2D eigenvalue weighted by Crippen LogP contribution is -2.37. The van der Waals surface area contributed by atoms with E-state index in [9.17, 15) is 4.79 Å². The van der Waals surface area contributed by atoms with Gasteiger partial charge in [-0.1, -0.05) is 12.1 Å².